The highest BCUT2D eigenvalue weighted by Crippen LogP contribution is 2.36. The first-order chi connectivity index (χ1) is 16.5. The third-order valence-electron chi connectivity index (χ3n) is 5.34. The molecule has 0 atom stereocenters. The monoisotopic (exact) mass is 460 g/mol. The zero-order valence-electron chi connectivity index (χ0n) is 18.8. The molecule has 1 N–H and O–H groups in total. The fourth-order valence-electron chi connectivity index (χ4n) is 3.64. The van der Waals surface area contributed by atoms with Crippen LogP contribution < -0.4 is 15.0 Å². The van der Waals surface area contributed by atoms with Crippen molar-refractivity contribution in [1.29, 1.82) is 0 Å². The third-order valence-corrected chi connectivity index (χ3v) is 5.34. The second kappa shape index (κ2) is 10.8. The van der Waals surface area contributed by atoms with Crippen molar-refractivity contribution < 1.29 is 23.5 Å². The van der Waals surface area contributed by atoms with Crippen molar-refractivity contribution in [2.45, 2.75) is 13.0 Å². The Morgan fingerprint density at radius 1 is 1.09 bits per heavy atom. The van der Waals surface area contributed by atoms with Crippen molar-refractivity contribution in [2.75, 3.05) is 25.2 Å². The van der Waals surface area contributed by atoms with Crippen molar-refractivity contribution in [2.24, 2.45) is 0 Å². The molecule has 3 aromatic carbocycles. The second-order valence-electron chi connectivity index (χ2n) is 7.82. The maximum absolute atomic E-state index is 13.7. The number of anilines is 1. The summed E-state index contributed by atoms with van der Waals surface area (Å²) < 4.78 is 24.6. The minimum atomic E-state index is -0.356. The smallest absolute Gasteiger partial charge is 0.294 e. The van der Waals surface area contributed by atoms with Gasteiger partial charge in [0.05, 0.1) is 12.2 Å². The van der Waals surface area contributed by atoms with Crippen LogP contribution in [0.25, 0.3) is 6.08 Å². The topological polar surface area (TPSA) is 67.9 Å². The third kappa shape index (κ3) is 5.50. The van der Waals surface area contributed by atoms with Crippen molar-refractivity contribution in [3.05, 3.63) is 101 Å². The highest BCUT2D eigenvalue weighted by Gasteiger charge is 2.30. The van der Waals surface area contributed by atoms with Gasteiger partial charge in [0.25, 0.3) is 11.8 Å². The Morgan fingerprint density at radius 3 is 2.65 bits per heavy atom. The van der Waals surface area contributed by atoms with Gasteiger partial charge in [0.1, 0.15) is 5.82 Å². The Kier molecular flexibility index (Phi) is 7.34. The van der Waals surface area contributed by atoms with Crippen LogP contribution in [0.3, 0.4) is 0 Å². The van der Waals surface area contributed by atoms with E-state index in [0.29, 0.717) is 41.3 Å². The van der Waals surface area contributed by atoms with Crippen LogP contribution in [0.5, 0.6) is 5.75 Å². The van der Waals surface area contributed by atoms with E-state index >= 15 is 0 Å². The number of halogens is 1. The molecule has 0 saturated heterocycles. The Hall–Kier alpha value is -3.97. The van der Waals surface area contributed by atoms with E-state index in [1.807, 2.05) is 12.1 Å². The van der Waals surface area contributed by atoms with Gasteiger partial charge in [0, 0.05) is 25.8 Å². The molecular formula is C27H25FN2O4. The second-order valence-corrected chi connectivity index (χ2v) is 7.82. The maximum Gasteiger partial charge on any atom is 0.294 e. The molecule has 0 aliphatic carbocycles. The first-order valence-corrected chi connectivity index (χ1v) is 11.0. The highest BCUT2D eigenvalue weighted by atomic mass is 19.1. The van der Waals surface area contributed by atoms with Gasteiger partial charge in [0.15, 0.2) is 11.5 Å². The van der Waals surface area contributed by atoms with Crippen LogP contribution in [0.4, 0.5) is 10.1 Å². The van der Waals surface area contributed by atoms with E-state index in [2.05, 4.69) is 5.32 Å². The Morgan fingerprint density at radius 2 is 1.88 bits per heavy atom. The zero-order valence-corrected chi connectivity index (χ0v) is 18.8. The molecule has 4 rings (SSSR count). The number of nitrogens with zero attached hydrogens (tertiary/aromatic N) is 1. The molecule has 1 aliphatic heterocycles. The van der Waals surface area contributed by atoms with Crippen molar-refractivity contribution in [1.82, 2.24) is 5.32 Å². The maximum atomic E-state index is 13.7. The number of carbonyl (C=O) groups is 2. The molecule has 0 radical (unpaired) electrons. The molecule has 0 spiro atoms. The Balaban J connectivity index is 1.54. The number of fused-ring (bicyclic) bond motifs is 1. The average Bonchev–Trinajstić information content (AvgIpc) is 2.85. The number of hydrogen-bond acceptors (Lipinski definition) is 4. The Labute approximate surface area is 197 Å². The number of amides is 2. The van der Waals surface area contributed by atoms with Crippen LogP contribution in [-0.2, 0) is 16.1 Å². The minimum Gasteiger partial charge on any atom is -0.449 e. The lowest BCUT2D eigenvalue weighted by atomic mass is 10.1. The molecular weight excluding hydrogens is 435 g/mol. The largest absolute Gasteiger partial charge is 0.449 e. The molecule has 2 amide bonds. The number of methoxy groups -OCH3 is 1. The summed E-state index contributed by atoms with van der Waals surface area (Å²) >= 11 is 0. The summed E-state index contributed by atoms with van der Waals surface area (Å²) in [5.41, 5.74) is 2.53. The quantitative estimate of drug-likeness (QED) is 0.395. The molecule has 0 unspecified atom stereocenters. The molecule has 0 aromatic heterocycles. The molecule has 0 saturated carbocycles. The molecule has 1 heterocycles. The lowest BCUT2D eigenvalue weighted by Gasteiger charge is -2.30. The van der Waals surface area contributed by atoms with Gasteiger partial charge in [-0.1, -0.05) is 36.4 Å². The first-order valence-electron chi connectivity index (χ1n) is 11.0. The molecule has 6 nitrogen and oxygen atoms in total. The van der Waals surface area contributed by atoms with Crippen LogP contribution in [0.1, 0.15) is 27.9 Å². The molecule has 34 heavy (non-hydrogen) atoms. The number of carbonyl (C=O) groups excluding carboxylic acids is 2. The van der Waals surface area contributed by atoms with E-state index in [-0.39, 0.29) is 29.9 Å². The number of hydrogen-bond donors (Lipinski definition) is 1. The molecule has 174 valence electrons. The molecule has 7 heteroatoms. The van der Waals surface area contributed by atoms with Crippen LogP contribution in [0.15, 0.2) is 78.6 Å². The fourth-order valence-corrected chi connectivity index (χ4v) is 3.64. The van der Waals surface area contributed by atoms with Gasteiger partial charge in [-0.05, 0) is 60.0 Å². The van der Waals surface area contributed by atoms with E-state index in [9.17, 15) is 14.0 Å². The van der Waals surface area contributed by atoms with Crippen molar-refractivity contribution in [3.8, 4) is 5.75 Å². The van der Waals surface area contributed by atoms with Crippen molar-refractivity contribution >= 4 is 23.6 Å². The normalized spacial score (nSPS) is 14.0. The van der Waals surface area contributed by atoms with Gasteiger partial charge in [0.2, 0.25) is 0 Å². The number of ether oxygens (including phenoxy) is 2. The van der Waals surface area contributed by atoms with Gasteiger partial charge in [-0.2, -0.15) is 0 Å². The first kappa shape index (κ1) is 23.2. The lowest BCUT2D eigenvalue weighted by molar-refractivity contribution is -0.117. The standard InChI is InChI=1S/C27H25FN2O4/c1-33-15-5-14-29-26(31)21-12-10-19(11-13-21)17-25-27(32)30(18-20-6-4-7-22(28)16-20)23-8-2-3-9-24(23)34-25/h2-4,6-13,16-17H,5,14-15,18H2,1H3,(H,29,31)/b25-17-. The molecule has 3 aromatic rings. The van der Waals surface area contributed by atoms with Gasteiger partial charge in [-0.15, -0.1) is 0 Å². The van der Waals surface area contributed by atoms with E-state index in [1.165, 1.54) is 12.1 Å². The summed E-state index contributed by atoms with van der Waals surface area (Å²) in [6.45, 7) is 1.32. The SMILES string of the molecule is COCCCNC(=O)c1ccc(/C=C2\Oc3ccccc3N(Cc3cccc(F)c3)C2=O)cc1. The lowest BCUT2D eigenvalue weighted by Crippen LogP contribution is -2.36. The number of para-hydroxylation sites is 2. The molecule has 0 fully saturated rings. The van der Waals surface area contributed by atoms with E-state index in [4.69, 9.17) is 9.47 Å². The van der Waals surface area contributed by atoms with Crippen LogP contribution in [-0.4, -0.2) is 32.1 Å². The highest BCUT2D eigenvalue weighted by molar-refractivity contribution is 6.09. The van der Waals surface area contributed by atoms with Crippen molar-refractivity contribution in [3.63, 3.8) is 0 Å². The summed E-state index contributed by atoms with van der Waals surface area (Å²) in [6, 6.07) is 20.3. The Bertz CT molecular complexity index is 1210. The van der Waals surface area contributed by atoms with E-state index < -0.39 is 0 Å². The number of benzene rings is 3. The summed E-state index contributed by atoms with van der Waals surface area (Å²) in [6.07, 6.45) is 2.37. The average molecular weight is 461 g/mol. The predicted molar refractivity (Wildman–Crippen MR) is 128 cm³/mol. The van der Waals surface area contributed by atoms with Crippen LogP contribution in [0, 0.1) is 5.82 Å². The summed E-state index contributed by atoms with van der Waals surface area (Å²) in [5, 5.41) is 2.84. The minimum absolute atomic E-state index is 0.145. The molecule has 0 bridgehead atoms. The van der Waals surface area contributed by atoms with Gasteiger partial charge >= 0.3 is 0 Å². The summed E-state index contributed by atoms with van der Waals surface area (Å²) in [4.78, 5) is 27.1. The number of nitrogens with one attached hydrogen (secondary N) is 1. The van der Waals surface area contributed by atoms with E-state index in [1.54, 1.807) is 66.6 Å². The number of rotatable bonds is 8. The summed E-state index contributed by atoms with van der Waals surface area (Å²) in [7, 11) is 1.62. The zero-order chi connectivity index (χ0) is 23.9. The van der Waals surface area contributed by atoms with Gasteiger partial charge < -0.3 is 14.8 Å². The fraction of sp³-hybridized carbons (Fsp3) is 0.185. The summed E-state index contributed by atoms with van der Waals surface area (Å²) in [5.74, 6) is -0.174. The molecule has 1 aliphatic rings. The van der Waals surface area contributed by atoms with Gasteiger partial charge in [-0.25, -0.2) is 4.39 Å². The van der Waals surface area contributed by atoms with E-state index in [0.717, 1.165) is 6.42 Å². The van der Waals surface area contributed by atoms with Crippen LogP contribution >= 0.6 is 0 Å². The predicted octanol–water partition coefficient (Wildman–Crippen LogP) is 4.56. The van der Waals surface area contributed by atoms with Crippen LogP contribution in [0.2, 0.25) is 0 Å². The van der Waals surface area contributed by atoms with Gasteiger partial charge in [-0.3, -0.25) is 14.5 Å².